The van der Waals surface area contributed by atoms with Crippen LogP contribution in [0.2, 0.25) is 0 Å². The number of rotatable bonds is 9. The Morgan fingerprint density at radius 1 is 0.938 bits per heavy atom. The van der Waals surface area contributed by atoms with E-state index in [0.29, 0.717) is 5.75 Å². The second kappa shape index (κ2) is 11.7. The maximum atomic E-state index is 12.1. The van der Waals surface area contributed by atoms with Crippen LogP contribution < -0.4 is 10.1 Å². The van der Waals surface area contributed by atoms with Crippen LogP contribution in [-0.4, -0.2) is 43.4 Å². The molecule has 2 aromatic rings. The normalized spacial score (nSPS) is 11.8. The minimum Gasteiger partial charge on any atom is -0.482 e. The zero-order valence-corrected chi connectivity index (χ0v) is 18.8. The van der Waals surface area contributed by atoms with Gasteiger partial charge < -0.3 is 24.3 Å². The largest absolute Gasteiger partial charge is 0.482 e. The van der Waals surface area contributed by atoms with Gasteiger partial charge >= 0.3 is 18.0 Å². The average Bonchev–Trinajstić information content (AvgIpc) is 2.75. The van der Waals surface area contributed by atoms with Crippen LogP contribution in [0.15, 0.2) is 54.6 Å². The van der Waals surface area contributed by atoms with Crippen molar-refractivity contribution in [2.45, 2.75) is 45.4 Å². The standard InChI is InChI=1S/C24H29NO7/c1-24(2,3)32-23(28)25-20(22(27)29-4)14-17-10-12-19(13-11-17)30-16-21(26)31-15-18-8-6-5-7-9-18/h5-13,20H,14-16H2,1-4H3,(H,25,28). The fraction of sp³-hybridized carbons (Fsp3) is 0.375. The van der Waals surface area contributed by atoms with E-state index in [1.54, 1.807) is 45.0 Å². The molecule has 1 amide bonds. The minimum absolute atomic E-state index is 0.182. The Morgan fingerprint density at radius 3 is 2.19 bits per heavy atom. The molecule has 0 spiro atoms. The number of methoxy groups -OCH3 is 1. The van der Waals surface area contributed by atoms with E-state index >= 15 is 0 Å². The Hall–Kier alpha value is -3.55. The van der Waals surface area contributed by atoms with Crippen molar-refractivity contribution in [3.63, 3.8) is 0 Å². The molecular formula is C24H29NO7. The molecule has 0 aliphatic carbocycles. The van der Waals surface area contributed by atoms with Crippen LogP contribution in [0.3, 0.4) is 0 Å². The molecule has 32 heavy (non-hydrogen) atoms. The lowest BCUT2D eigenvalue weighted by Gasteiger charge is -2.22. The monoisotopic (exact) mass is 443 g/mol. The van der Waals surface area contributed by atoms with Crippen LogP contribution in [0.4, 0.5) is 4.79 Å². The SMILES string of the molecule is COC(=O)C(Cc1ccc(OCC(=O)OCc2ccccc2)cc1)NC(=O)OC(C)(C)C. The molecule has 0 aliphatic heterocycles. The summed E-state index contributed by atoms with van der Waals surface area (Å²) in [7, 11) is 1.25. The molecule has 0 radical (unpaired) electrons. The van der Waals surface area contributed by atoms with Gasteiger partial charge in [0.2, 0.25) is 0 Å². The van der Waals surface area contributed by atoms with Crippen molar-refractivity contribution in [2.75, 3.05) is 13.7 Å². The first-order valence-corrected chi connectivity index (χ1v) is 10.1. The summed E-state index contributed by atoms with van der Waals surface area (Å²) in [6, 6.07) is 15.3. The fourth-order valence-electron chi connectivity index (χ4n) is 2.66. The van der Waals surface area contributed by atoms with Gasteiger partial charge in [-0.05, 0) is 44.0 Å². The zero-order valence-electron chi connectivity index (χ0n) is 18.8. The summed E-state index contributed by atoms with van der Waals surface area (Å²) in [4.78, 5) is 35.9. The van der Waals surface area contributed by atoms with Gasteiger partial charge in [0.1, 0.15) is 24.0 Å². The zero-order chi connectivity index (χ0) is 23.6. The number of nitrogens with one attached hydrogen (secondary N) is 1. The van der Waals surface area contributed by atoms with E-state index < -0.39 is 29.7 Å². The average molecular weight is 443 g/mol. The van der Waals surface area contributed by atoms with Crippen molar-refractivity contribution < 1.29 is 33.3 Å². The first-order valence-electron chi connectivity index (χ1n) is 10.1. The molecule has 0 heterocycles. The molecule has 0 fully saturated rings. The fourth-order valence-corrected chi connectivity index (χ4v) is 2.66. The first kappa shape index (κ1) is 24.7. The maximum absolute atomic E-state index is 12.1. The second-order valence-corrected chi connectivity index (χ2v) is 8.01. The second-order valence-electron chi connectivity index (χ2n) is 8.01. The van der Waals surface area contributed by atoms with Crippen molar-refractivity contribution in [2.24, 2.45) is 0 Å². The molecule has 0 bridgehead atoms. The lowest BCUT2D eigenvalue weighted by molar-refractivity contribution is -0.147. The van der Waals surface area contributed by atoms with Crippen LogP contribution in [0.1, 0.15) is 31.9 Å². The number of hydrogen-bond donors (Lipinski definition) is 1. The molecule has 0 saturated heterocycles. The molecule has 0 saturated carbocycles. The molecular weight excluding hydrogens is 414 g/mol. The maximum Gasteiger partial charge on any atom is 0.408 e. The third kappa shape index (κ3) is 9.07. The highest BCUT2D eigenvalue weighted by molar-refractivity contribution is 5.81. The number of carbonyl (C=O) groups is 3. The molecule has 8 heteroatoms. The summed E-state index contributed by atoms with van der Waals surface area (Å²) < 4.78 is 20.6. The summed E-state index contributed by atoms with van der Waals surface area (Å²) in [5, 5.41) is 2.53. The molecule has 0 aliphatic rings. The number of hydrogen-bond acceptors (Lipinski definition) is 7. The van der Waals surface area contributed by atoms with Crippen LogP contribution in [0, 0.1) is 0 Å². The lowest BCUT2D eigenvalue weighted by atomic mass is 10.1. The van der Waals surface area contributed by atoms with Gasteiger partial charge in [-0.2, -0.15) is 0 Å². The highest BCUT2D eigenvalue weighted by atomic mass is 16.6. The van der Waals surface area contributed by atoms with E-state index in [9.17, 15) is 14.4 Å². The molecule has 1 atom stereocenters. The van der Waals surface area contributed by atoms with Crippen LogP contribution in [-0.2, 0) is 36.8 Å². The molecule has 1 N–H and O–H groups in total. The highest BCUT2D eigenvalue weighted by Gasteiger charge is 2.25. The topological polar surface area (TPSA) is 100 Å². The Morgan fingerprint density at radius 2 is 1.59 bits per heavy atom. The van der Waals surface area contributed by atoms with Crippen LogP contribution in [0.5, 0.6) is 5.75 Å². The van der Waals surface area contributed by atoms with Crippen molar-refractivity contribution in [1.29, 1.82) is 0 Å². The summed E-state index contributed by atoms with van der Waals surface area (Å²) >= 11 is 0. The van der Waals surface area contributed by atoms with E-state index in [1.807, 2.05) is 30.3 Å². The van der Waals surface area contributed by atoms with Crippen LogP contribution in [0.25, 0.3) is 0 Å². The lowest BCUT2D eigenvalue weighted by Crippen LogP contribution is -2.45. The minimum atomic E-state index is -0.908. The summed E-state index contributed by atoms with van der Waals surface area (Å²) in [5.74, 6) is -0.595. The summed E-state index contributed by atoms with van der Waals surface area (Å²) in [6.07, 6.45) is -0.507. The predicted octanol–water partition coefficient (Wildman–Crippen LogP) is 3.42. The number of alkyl carbamates (subject to hydrolysis) is 1. The van der Waals surface area contributed by atoms with Crippen LogP contribution >= 0.6 is 0 Å². The number of benzene rings is 2. The van der Waals surface area contributed by atoms with Crippen molar-refractivity contribution in [1.82, 2.24) is 5.32 Å². The van der Waals surface area contributed by atoms with E-state index in [1.165, 1.54) is 7.11 Å². The van der Waals surface area contributed by atoms with E-state index in [0.717, 1.165) is 11.1 Å². The Labute approximate surface area is 187 Å². The van der Waals surface area contributed by atoms with Gasteiger partial charge in [-0.1, -0.05) is 42.5 Å². The highest BCUT2D eigenvalue weighted by Crippen LogP contribution is 2.15. The molecule has 2 aromatic carbocycles. The molecule has 2 rings (SSSR count). The van der Waals surface area contributed by atoms with Gasteiger partial charge in [-0.25, -0.2) is 14.4 Å². The molecule has 172 valence electrons. The Balaban J connectivity index is 1.85. The third-order valence-electron chi connectivity index (χ3n) is 4.14. The molecule has 8 nitrogen and oxygen atoms in total. The number of esters is 2. The quantitative estimate of drug-likeness (QED) is 0.468. The van der Waals surface area contributed by atoms with E-state index in [-0.39, 0.29) is 19.6 Å². The molecule has 1 unspecified atom stereocenters. The smallest absolute Gasteiger partial charge is 0.408 e. The van der Waals surface area contributed by atoms with Crippen molar-refractivity contribution in [3.05, 3.63) is 65.7 Å². The number of ether oxygens (including phenoxy) is 4. The first-order chi connectivity index (χ1) is 15.2. The Kier molecular flexibility index (Phi) is 9.07. The Bertz CT molecular complexity index is 889. The van der Waals surface area contributed by atoms with E-state index in [4.69, 9.17) is 18.9 Å². The van der Waals surface area contributed by atoms with Crippen molar-refractivity contribution >= 4 is 18.0 Å². The van der Waals surface area contributed by atoms with Gasteiger partial charge in [0.05, 0.1) is 7.11 Å². The summed E-state index contributed by atoms with van der Waals surface area (Å²) in [6.45, 7) is 5.15. The number of amides is 1. The number of carbonyl (C=O) groups excluding carboxylic acids is 3. The van der Waals surface area contributed by atoms with E-state index in [2.05, 4.69) is 5.32 Å². The molecule has 0 aromatic heterocycles. The van der Waals surface area contributed by atoms with Crippen molar-refractivity contribution in [3.8, 4) is 5.75 Å². The van der Waals surface area contributed by atoms with Gasteiger partial charge in [0.15, 0.2) is 6.61 Å². The van der Waals surface area contributed by atoms with Gasteiger partial charge in [0, 0.05) is 6.42 Å². The predicted molar refractivity (Wildman–Crippen MR) is 117 cm³/mol. The summed E-state index contributed by atoms with van der Waals surface area (Å²) in [5.41, 5.74) is 0.965. The third-order valence-corrected chi connectivity index (χ3v) is 4.14. The van der Waals surface area contributed by atoms with Gasteiger partial charge in [-0.3, -0.25) is 0 Å². The van der Waals surface area contributed by atoms with Gasteiger partial charge in [0.25, 0.3) is 0 Å². The van der Waals surface area contributed by atoms with Gasteiger partial charge in [-0.15, -0.1) is 0 Å².